The van der Waals surface area contributed by atoms with Crippen molar-refractivity contribution in [3.05, 3.63) is 368 Å². The number of benzene rings is 16. The zero-order chi connectivity index (χ0) is 96.2. The number of ether oxygens (including phenoxy) is 1. The van der Waals surface area contributed by atoms with Crippen molar-refractivity contribution < 1.29 is 34.9 Å². The molecule has 17 aromatic rings. The number of anilines is 6. The molecule has 0 fully saturated rings. The lowest BCUT2D eigenvalue weighted by Gasteiger charge is -2.48. The fraction of sp³-hybridized carbons (Fsp3) is 0.111. The number of fused-ring (bicyclic) bond motifs is 12. The summed E-state index contributed by atoms with van der Waals surface area (Å²) < 4.78 is 238. The molecule has 5 heterocycles. The Morgan fingerprint density at radius 2 is 0.684 bits per heavy atom. The van der Waals surface area contributed by atoms with Gasteiger partial charge in [0.2, 0.25) is 0 Å². The lowest BCUT2D eigenvalue weighted by Crippen LogP contribution is -2.65. The van der Waals surface area contributed by atoms with E-state index in [2.05, 4.69) is 92.6 Å². The maximum atomic E-state index is 12.6. The van der Waals surface area contributed by atoms with E-state index in [0.717, 1.165) is 11.1 Å². The quantitative estimate of drug-likeness (QED) is 0.127. The molecule has 0 spiro atoms. The molecule has 6 heteroatoms. The first-order chi connectivity index (χ1) is 64.7. The summed E-state index contributed by atoms with van der Waals surface area (Å²) in [5, 5.41) is -0.0433. The smallest absolute Gasteiger partial charge is 0.256 e. The molecule has 16 aromatic carbocycles. The molecule has 114 heavy (non-hydrogen) atoms. The Morgan fingerprint density at radius 3 is 1.16 bits per heavy atom. The van der Waals surface area contributed by atoms with Gasteiger partial charge in [0.05, 0.1) is 47.0 Å². The number of rotatable bonds is 10. The van der Waals surface area contributed by atoms with Crippen LogP contribution in [0.3, 0.4) is 0 Å². The Morgan fingerprint density at radius 1 is 0.289 bits per heavy atom. The second-order valence-corrected chi connectivity index (χ2v) is 32.9. The predicted octanol–water partition coefficient (Wildman–Crippen LogP) is 25.0. The minimum Gasteiger partial charge on any atom is -0.459 e. The molecule has 0 unspecified atom stereocenters. The van der Waals surface area contributed by atoms with Gasteiger partial charge < -0.3 is 19.1 Å². The summed E-state index contributed by atoms with van der Waals surface area (Å²) in [5.74, 6) is -0.804. The van der Waals surface area contributed by atoms with Crippen molar-refractivity contribution in [3.8, 4) is 106 Å². The number of hydrogen-bond acceptors (Lipinski definition) is 3. The molecular weight excluding hydrogens is 1380 g/mol. The minimum absolute atomic E-state index is 0.00728. The van der Waals surface area contributed by atoms with Gasteiger partial charge in [-0.25, -0.2) is 0 Å². The first kappa shape index (κ1) is 49.3. The average molecular weight is 1480 g/mol. The Bertz CT molecular complexity index is 7970. The molecule has 0 bridgehead atoms. The highest BCUT2D eigenvalue weighted by molar-refractivity contribution is 7.03. The lowest BCUT2D eigenvalue weighted by molar-refractivity contribution is 0.491. The van der Waals surface area contributed by atoms with Crippen LogP contribution in [0.1, 0.15) is 109 Å². The van der Waals surface area contributed by atoms with Crippen LogP contribution in [0.2, 0.25) is 0 Å². The van der Waals surface area contributed by atoms with Crippen molar-refractivity contribution in [2.45, 2.75) is 78.6 Å². The summed E-state index contributed by atoms with van der Waals surface area (Å²) in [5.41, 5.74) is 4.81. The van der Waals surface area contributed by atoms with Gasteiger partial charge >= 0.3 is 0 Å². The van der Waals surface area contributed by atoms with Crippen LogP contribution in [0.5, 0.6) is 11.5 Å². The Kier molecular flexibility index (Phi) is 11.3. The summed E-state index contributed by atoms with van der Waals surface area (Å²) in [6.45, 7) is 15.4. The van der Waals surface area contributed by atoms with Crippen LogP contribution in [-0.4, -0.2) is 18.0 Å². The number of nitrogens with zero attached hydrogens (tertiary/aromatic N) is 3. The van der Waals surface area contributed by atoms with E-state index in [0.29, 0.717) is 89.4 Å². The fourth-order valence-corrected chi connectivity index (χ4v) is 17.2. The summed E-state index contributed by atoms with van der Waals surface area (Å²) in [4.78, 5) is 3.95. The molecule has 0 radical (unpaired) electrons. The van der Waals surface area contributed by atoms with Crippen LogP contribution in [0.4, 0.5) is 34.1 Å². The Hall–Kier alpha value is -13.2. The van der Waals surface area contributed by atoms with Crippen molar-refractivity contribution in [1.29, 1.82) is 0 Å². The van der Waals surface area contributed by atoms with Crippen molar-refractivity contribution in [1.82, 2.24) is 4.57 Å². The molecule has 0 N–H and O–H groups in total. The highest BCUT2D eigenvalue weighted by Crippen LogP contribution is 2.57. The van der Waals surface area contributed by atoms with Gasteiger partial charge in [0, 0.05) is 67.0 Å². The molecule has 544 valence electrons. The van der Waals surface area contributed by atoms with Crippen LogP contribution in [0.15, 0.2) is 351 Å². The van der Waals surface area contributed by atoms with E-state index in [1.165, 1.54) is 0 Å². The molecule has 0 aliphatic carbocycles. The third-order valence-electron chi connectivity index (χ3n) is 22.8. The maximum Gasteiger partial charge on any atom is 0.256 e. The summed E-state index contributed by atoms with van der Waals surface area (Å²) in [6.07, 6.45) is 0. The molecule has 0 amide bonds. The number of aromatic nitrogens is 1. The van der Waals surface area contributed by atoms with E-state index in [1.54, 1.807) is 65.2 Å². The van der Waals surface area contributed by atoms with Crippen LogP contribution < -0.4 is 47.3 Å². The largest absolute Gasteiger partial charge is 0.459 e. The van der Waals surface area contributed by atoms with Crippen molar-refractivity contribution in [3.63, 3.8) is 0 Å². The van der Waals surface area contributed by atoms with Crippen molar-refractivity contribution >= 4 is 102 Å². The third kappa shape index (κ3) is 11.1. The highest BCUT2D eigenvalue weighted by atomic mass is 16.5. The summed E-state index contributed by atoms with van der Waals surface area (Å²) >= 11 is 0. The summed E-state index contributed by atoms with van der Waals surface area (Å²) in [6, 6.07) is 54.5. The zero-order valence-corrected chi connectivity index (χ0v) is 64.2. The van der Waals surface area contributed by atoms with Gasteiger partial charge in [-0.15, -0.1) is 0 Å². The third-order valence-corrected chi connectivity index (χ3v) is 22.8. The monoisotopic (exact) mass is 1480 g/mol. The standard InChI is InChI=1S/C108H85B2N3O/c1-106(2,3)80-61-83(72-42-26-14-27-43-72)102(84(62-80)73-44-28-15-29-45-73)112-93-59-77(69-36-20-11-21-37-69)50-53-89(93)110-99-94(112)65-82(108(7,8)9)66-95(99)113(103-85(74-46-30-16-31-47-74)63-81(107(4,5)6)64-86(103)75-48-32-17-33-49-75)97-67-96-100-105(101(97)110)114-98-60-78(70-38-22-12-23-39-70)51-54-90(98)109(100)91-58-79(71-40-24-13-25-41-71)57-88-87-56-76(68-34-18-10-19-35-68)52-55-92(87)111(96)104(88)91/h10-67H,1-9H3/i11D,12D,20D,21D,22D,23D,36D,37D,38D,39D,50D,51D,52D,53D,54D,55D,56D,57D,58D,59D,60D,67D. The van der Waals surface area contributed by atoms with Crippen molar-refractivity contribution in [2.24, 2.45) is 0 Å². The van der Waals surface area contributed by atoms with Gasteiger partial charge in [-0.05, 0) is 205 Å². The van der Waals surface area contributed by atoms with E-state index in [9.17, 15) is 27.4 Å². The second-order valence-electron chi connectivity index (χ2n) is 32.9. The van der Waals surface area contributed by atoms with Crippen LogP contribution >= 0.6 is 0 Å². The maximum absolute atomic E-state index is 12.6. The van der Waals surface area contributed by atoms with Crippen LogP contribution in [-0.2, 0) is 16.2 Å². The van der Waals surface area contributed by atoms with Gasteiger partial charge in [-0.2, -0.15) is 0 Å². The van der Waals surface area contributed by atoms with Crippen LogP contribution in [0.25, 0.3) is 117 Å². The van der Waals surface area contributed by atoms with E-state index in [1.807, 2.05) is 137 Å². The molecule has 21 rings (SSSR count). The van der Waals surface area contributed by atoms with E-state index >= 15 is 0 Å². The average Bonchev–Trinajstić information content (AvgIpc) is 1.21. The molecule has 0 atom stereocenters. The van der Waals surface area contributed by atoms with Gasteiger partial charge in [-0.3, -0.25) is 0 Å². The van der Waals surface area contributed by atoms with Gasteiger partial charge in [-0.1, -0.05) is 341 Å². The Labute approximate surface area is 701 Å². The summed E-state index contributed by atoms with van der Waals surface area (Å²) in [7, 11) is 0. The zero-order valence-electron chi connectivity index (χ0n) is 86.2. The van der Waals surface area contributed by atoms with E-state index in [-0.39, 0.29) is 101 Å². The predicted molar refractivity (Wildman–Crippen MR) is 486 cm³/mol. The Balaban J connectivity index is 1.07. The molecule has 1 aromatic heterocycles. The minimum atomic E-state index is -1.76. The first-order valence-corrected chi connectivity index (χ1v) is 38.6. The number of hydrogen-bond donors (Lipinski definition) is 0. The normalized spacial score (nSPS) is 15.8. The first-order valence-electron chi connectivity index (χ1n) is 49.6. The van der Waals surface area contributed by atoms with Gasteiger partial charge in [0.1, 0.15) is 11.5 Å². The van der Waals surface area contributed by atoms with Gasteiger partial charge in [0.15, 0.2) is 0 Å². The molecule has 4 nitrogen and oxygen atoms in total. The molecule has 0 saturated carbocycles. The molecule has 4 aliphatic heterocycles. The van der Waals surface area contributed by atoms with E-state index < -0.39 is 172 Å². The van der Waals surface area contributed by atoms with Crippen LogP contribution in [0, 0.1) is 0 Å². The SMILES string of the molecule is [2H]c1c([2H])c([2H])c(-c2c([2H])c([2H])c3c(c2[2H])Oc2c4c(c([2H])c5c2B3c2c([2H])c(-c3ccccc3)c([2H])c3c6c([2H])c(-c7ccccc7)c([2H])c([2H])c6n-5c23)N(c2c(-c3ccccc3)cc(C(C)(C)C)cc2-c2ccccc2)c2cc(C(C)(C)C)cc3c2B4c2c([2H])c([2H])c(-c4c([2H])c([2H])c([2H])c([2H])c4[2H])c([2H])c2N3c2c(-c3ccccc3)cc(C(C)(C)C)cc2-c2ccccc2)c([2H])c1[2H]. The molecule has 0 saturated heterocycles. The molecule has 4 aliphatic rings. The van der Waals surface area contributed by atoms with Crippen molar-refractivity contribution in [2.75, 3.05) is 9.80 Å². The molecular formula is C108H85B2N3O. The topological polar surface area (TPSA) is 20.6 Å². The fourth-order valence-electron chi connectivity index (χ4n) is 17.2. The second kappa shape index (κ2) is 26.2. The highest BCUT2D eigenvalue weighted by Gasteiger charge is 2.52. The van der Waals surface area contributed by atoms with Gasteiger partial charge in [0.25, 0.3) is 13.4 Å². The van der Waals surface area contributed by atoms with E-state index in [4.69, 9.17) is 7.48 Å². The lowest BCUT2D eigenvalue weighted by atomic mass is 9.30.